The van der Waals surface area contributed by atoms with Crippen LogP contribution in [0.3, 0.4) is 0 Å². The highest BCUT2D eigenvalue weighted by Crippen LogP contribution is 2.15. The zero-order valence-corrected chi connectivity index (χ0v) is 27.2. The molecule has 0 aliphatic heterocycles. The van der Waals surface area contributed by atoms with Crippen LogP contribution in [0.4, 0.5) is 0 Å². The third kappa shape index (κ3) is 29.2. The Labute approximate surface area is 244 Å². The number of carbonyl (C=O) groups is 1. The van der Waals surface area contributed by atoms with Crippen LogP contribution < -0.4 is 0 Å². The van der Waals surface area contributed by atoms with E-state index in [0.717, 1.165) is 44.9 Å². The summed E-state index contributed by atoms with van der Waals surface area (Å²) in [6, 6.07) is 0. The zero-order chi connectivity index (χ0) is 29.0. The lowest BCUT2D eigenvalue weighted by molar-refractivity contribution is -0.142. The van der Waals surface area contributed by atoms with Crippen molar-refractivity contribution in [2.45, 2.75) is 176 Å². The fourth-order valence-corrected chi connectivity index (χ4v) is 4.80. The molecule has 0 atom stereocenters. The van der Waals surface area contributed by atoms with Crippen molar-refractivity contribution in [2.24, 2.45) is 0 Å². The predicted molar refractivity (Wildman–Crippen MR) is 174 cm³/mol. The third-order valence-corrected chi connectivity index (χ3v) is 7.56. The van der Waals surface area contributed by atoms with E-state index >= 15 is 0 Å². The molecule has 2 nitrogen and oxygen atoms in total. The monoisotopic (exact) mass is 543 g/mol. The van der Waals surface area contributed by atoms with Crippen molar-refractivity contribution in [1.82, 2.24) is 0 Å². The molecule has 0 fully saturated rings. The summed E-state index contributed by atoms with van der Waals surface area (Å²) in [7, 11) is 0. The normalized spacial score (nSPS) is 12.6. The van der Waals surface area contributed by atoms with Crippen LogP contribution in [-0.2, 0) is 9.53 Å². The van der Waals surface area contributed by atoms with Gasteiger partial charge in [-0.2, -0.15) is 0 Å². The van der Waals surface area contributed by atoms with E-state index in [9.17, 15) is 4.79 Å². The average Bonchev–Trinajstić information content (AvgIpc) is 2.88. The molecule has 0 N–H and O–H groups in total. The van der Waals surface area contributed by atoms with Crippen LogP contribution in [0.15, 0.2) is 46.6 Å². The van der Waals surface area contributed by atoms with Crippen molar-refractivity contribution < 1.29 is 9.53 Å². The van der Waals surface area contributed by atoms with Gasteiger partial charge in [-0.25, -0.2) is 0 Å². The Morgan fingerprint density at radius 2 is 0.872 bits per heavy atom. The molecule has 0 unspecified atom stereocenters. The summed E-state index contributed by atoms with van der Waals surface area (Å²) in [5.74, 6) is -0.0436. The highest BCUT2D eigenvalue weighted by Gasteiger charge is 2.02. The lowest BCUT2D eigenvalue weighted by Crippen LogP contribution is -2.04. The van der Waals surface area contributed by atoms with Crippen molar-refractivity contribution in [3.63, 3.8) is 0 Å². The minimum Gasteiger partial charge on any atom is -0.461 e. The Bertz CT molecular complexity index is 703. The van der Waals surface area contributed by atoms with E-state index < -0.39 is 0 Å². The van der Waals surface area contributed by atoms with E-state index in [1.807, 2.05) is 0 Å². The van der Waals surface area contributed by atoms with Gasteiger partial charge in [0.25, 0.3) is 0 Å². The van der Waals surface area contributed by atoms with Gasteiger partial charge in [-0.3, -0.25) is 4.79 Å². The molecule has 0 amide bonds. The Balaban J connectivity index is 3.69. The van der Waals surface area contributed by atoms with Gasteiger partial charge in [-0.05, 0) is 85.6 Å². The lowest BCUT2D eigenvalue weighted by Gasteiger charge is -2.05. The minimum absolute atomic E-state index is 0.0436. The first-order valence-corrected chi connectivity index (χ1v) is 16.6. The van der Waals surface area contributed by atoms with Crippen LogP contribution in [0.25, 0.3) is 0 Å². The summed E-state index contributed by atoms with van der Waals surface area (Å²) in [6.45, 7) is 13.7. The van der Waals surface area contributed by atoms with Gasteiger partial charge in [-0.1, -0.05) is 131 Å². The molecule has 2 heteroatoms. The van der Waals surface area contributed by atoms with Gasteiger partial charge in [0.05, 0.1) is 0 Å². The topological polar surface area (TPSA) is 26.3 Å². The fraction of sp³-hybridized carbons (Fsp3) is 0.757. The van der Waals surface area contributed by atoms with E-state index in [0.29, 0.717) is 13.0 Å². The molecule has 0 saturated carbocycles. The maximum atomic E-state index is 12.0. The molecular formula is C37H66O2. The standard InChI is InChI=1S/C37H66O2/c1-7-8-9-10-11-12-13-14-15-16-17-18-19-20-30-37(38)39-32-31-36(6)29-23-28-35(5)27-22-26-34(4)25-21-24-33(2)3/h24,26,28,31H,7-23,25,27,29-30,32H2,1-6H3/b34-26+,35-28?,36-31+. The van der Waals surface area contributed by atoms with E-state index in [-0.39, 0.29) is 5.97 Å². The largest absolute Gasteiger partial charge is 0.461 e. The maximum absolute atomic E-state index is 12.0. The molecule has 0 radical (unpaired) electrons. The SMILES string of the molecule is CCCCCCCCCCCCCCCCC(=O)OC/C=C(\C)CCC=C(C)CC/C=C(\C)CCC=C(C)C. The Morgan fingerprint density at radius 3 is 1.31 bits per heavy atom. The number of allylic oxidation sites excluding steroid dienone is 7. The highest BCUT2D eigenvalue weighted by atomic mass is 16.5. The van der Waals surface area contributed by atoms with Crippen molar-refractivity contribution in [3.8, 4) is 0 Å². The number of esters is 1. The molecular weight excluding hydrogens is 476 g/mol. The molecule has 0 rings (SSSR count). The van der Waals surface area contributed by atoms with Gasteiger partial charge >= 0.3 is 5.97 Å². The third-order valence-electron chi connectivity index (χ3n) is 7.56. The molecule has 39 heavy (non-hydrogen) atoms. The van der Waals surface area contributed by atoms with Gasteiger partial charge in [0.15, 0.2) is 0 Å². The van der Waals surface area contributed by atoms with Crippen molar-refractivity contribution in [3.05, 3.63) is 46.6 Å². The smallest absolute Gasteiger partial charge is 0.306 e. The van der Waals surface area contributed by atoms with Crippen LogP contribution in [-0.4, -0.2) is 12.6 Å². The van der Waals surface area contributed by atoms with Crippen molar-refractivity contribution >= 4 is 5.97 Å². The van der Waals surface area contributed by atoms with Gasteiger partial charge < -0.3 is 4.74 Å². The first-order chi connectivity index (χ1) is 18.8. The summed E-state index contributed by atoms with van der Waals surface area (Å²) >= 11 is 0. The summed E-state index contributed by atoms with van der Waals surface area (Å²) in [6.07, 6.45) is 35.1. The second-order valence-corrected chi connectivity index (χ2v) is 12.1. The van der Waals surface area contributed by atoms with E-state index in [1.165, 1.54) is 106 Å². The number of carbonyl (C=O) groups excluding carboxylic acids is 1. The van der Waals surface area contributed by atoms with Crippen LogP contribution in [0.2, 0.25) is 0 Å². The molecule has 0 aromatic rings. The minimum atomic E-state index is -0.0436. The predicted octanol–water partition coefficient (Wildman–Crippen LogP) is 12.5. The summed E-state index contributed by atoms with van der Waals surface area (Å²) in [4.78, 5) is 12.0. The number of hydrogen-bond acceptors (Lipinski definition) is 2. The first kappa shape index (κ1) is 37.4. The Kier molecular flexibility index (Phi) is 26.9. The quantitative estimate of drug-likeness (QED) is 0.0617. The summed E-state index contributed by atoms with van der Waals surface area (Å²) in [5.41, 5.74) is 5.68. The molecule has 0 saturated heterocycles. The number of hydrogen-bond donors (Lipinski definition) is 0. The molecule has 0 aliphatic carbocycles. The Hall–Kier alpha value is -1.57. The van der Waals surface area contributed by atoms with Gasteiger partial charge in [0.1, 0.15) is 6.61 Å². The van der Waals surface area contributed by atoms with E-state index in [1.54, 1.807) is 0 Å². The highest BCUT2D eigenvalue weighted by molar-refractivity contribution is 5.69. The molecule has 0 heterocycles. The van der Waals surface area contributed by atoms with Crippen molar-refractivity contribution in [2.75, 3.05) is 6.61 Å². The number of rotatable bonds is 26. The summed E-state index contributed by atoms with van der Waals surface area (Å²) in [5, 5.41) is 0. The fourth-order valence-electron chi connectivity index (χ4n) is 4.80. The van der Waals surface area contributed by atoms with Gasteiger partial charge in [0, 0.05) is 6.42 Å². The molecule has 0 spiro atoms. The molecule has 0 aromatic carbocycles. The second kappa shape index (κ2) is 28.0. The van der Waals surface area contributed by atoms with Gasteiger partial charge in [0.2, 0.25) is 0 Å². The van der Waals surface area contributed by atoms with Crippen LogP contribution in [0.1, 0.15) is 176 Å². The average molecular weight is 543 g/mol. The van der Waals surface area contributed by atoms with Crippen LogP contribution in [0, 0.1) is 0 Å². The van der Waals surface area contributed by atoms with E-state index in [2.05, 4.69) is 65.8 Å². The number of unbranched alkanes of at least 4 members (excludes halogenated alkanes) is 13. The second-order valence-electron chi connectivity index (χ2n) is 12.1. The van der Waals surface area contributed by atoms with E-state index in [4.69, 9.17) is 4.74 Å². The Morgan fingerprint density at radius 1 is 0.487 bits per heavy atom. The molecule has 0 bridgehead atoms. The maximum Gasteiger partial charge on any atom is 0.306 e. The van der Waals surface area contributed by atoms with Gasteiger partial charge in [-0.15, -0.1) is 0 Å². The van der Waals surface area contributed by atoms with Crippen LogP contribution >= 0.6 is 0 Å². The lowest BCUT2D eigenvalue weighted by atomic mass is 10.0. The molecule has 0 aromatic heterocycles. The first-order valence-electron chi connectivity index (χ1n) is 16.6. The molecule has 226 valence electrons. The zero-order valence-electron chi connectivity index (χ0n) is 27.2. The molecule has 0 aliphatic rings. The number of ether oxygens (including phenoxy) is 1. The van der Waals surface area contributed by atoms with Crippen molar-refractivity contribution in [1.29, 1.82) is 0 Å². The summed E-state index contributed by atoms with van der Waals surface area (Å²) < 4.78 is 5.43. The van der Waals surface area contributed by atoms with Crippen LogP contribution in [0.5, 0.6) is 0 Å².